The number of nitrogens with zero attached hydrogens (tertiary/aromatic N) is 1. The van der Waals surface area contributed by atoms with Gasteiger partial charge in [0.1, 0.15) is 10.7 Å². The third-order valence-electron chi connectivity index (χ3n) is 2.85. The number of carbonyl (C=O) groups is 1. The van der Waals surface area contributed by atoms with Gasteiger partial charge in [0.2, 0.25) is 0 Å². The molecule has 3 N–H and O–H groups in total. The summed E-state index contributed by atoms with van der Waals surface area (Å²) < 4.78 is 0.576. The lowest BCUT2D eigenvalue weighted by atomic mass is 9.97. The maximum absolute atomic E-state index is 11.0. The van der Waals surface area contributed by atoms with E-state index in [1.54, 1.807) is 42.6 Å². The summed E-state index contributed by atoms with van der Waals surface area (Å²) in [5.41, 5.74) is 1.27. The summed E-state index contributed by atoms with van der Waals surface area (Å²) in [7, 11) is 0. The van der Waals surface area contributed by atoms with Crippen molar-refractivity contribution >= 4 is 22.0 Å². The van der Waals surface area contributed by atoms with E-state index in [9.17, 15) is 9.90 Å². The number of hydrogen-bond donors (Lipinski definition) is 3. The zero-order chi connectivity index (χ0) is 14.5. The first-order chi connectivity index (χ1) is 9.58. The molecule has 20 heavy (non-hydrogen) atoms. The fourth-order valence-electron chi connectivity index (χ4n) is 1.93. The maximum atomic E-state index is 11.0. The number of nitrogens with one attached hydrogen (secondary N) is 1. The number of halogens is 1. The molecule has 0 saturated carbocycles. The zero-order valence-electron chi connectivity index (χ0n) is 10.4. The number of pyridine rings is 1. The van der Waals surface area contributed by atoms with Crippen LogP contribution in [0.15, 0.2) is 53.3 Å². The number of aliphatic hydroxyl groups is 1. The van der Waals surface area contributed by atoms with Crippen molar-refractivity contribution in [2.24, 2.45) is 0 Å². The van der Waals surface area contributed by atoms with Gasteiger partial charge in [0.25, 0.3) is 0 Å². The summed E-state index contributed by atoms with van der Waals surface area (Å²) in [4.78, 5) is 14.9. The van der Waals surface area contributed by atoms with Crippen molar-refractivity contribution < 1.29 is 15.0 Å². The van der Waals surface area contributed by atoms with Crippen molar-refractivity contribution in [2.75, 3.05) is 0 Å². The highest BCUT2D eigenvalue weighted by Gasteiger charge is 2.24. The van der Waals surface area contributed by atoms with Gasteiger partial charge in [-0.2, -0.15) is 0 Å². The van der Waals surface area contributed by atoms with Gasteiger partial charge in [-0.1, -0.05) is 30.3 Å². The minimum absolute atomic E-state index is 0.576. The van der Waals surface area contributed by atoms with Gasteiger partial charge in [0, 0.05) is 6.20 Å². The monoisotopic (exact) mass is 336 g/mol. The molecule has 2 aromatic rings. The Balaban J connectivity index is 2.35. The molecule has 0 aliphatic rings. The van der Waals surface area contributed by atoms with Crippen LogP contribution in [0.2, 0.25) is 0 Å². The summed E-state index contributed by atoms with van der Waals surface area (Å²) in [5.74, 6) is 0. The number of hydrogen-bond acceptors (Lipinski definition) is 3. The van der Waals surface area contributed by atoms with Gasteiger partial charge in [0.05, 0.1) is 6.04 Å². The zero-order valence-corrected chi connectivity index (χ0v) is 12.0. The van der Waals surface area contributed by atoms with Crippen LogP contribution in [-0.2, 0) is 0 Å². The topological polar surface area (TPSA) is 82.5 Å². The largest absolute Gasteiger partial charge is 0.465 e. The van der Waals surface area contributed by atoms with E-state index in [0.717, 1.165) is 0 Å². The summed E-state index contributed by atoms with van der Waals surface area (Å²) in [6.07, 6.45) is -0.632. The molecule has 2 atom stereocenters. The lowest BCUT2D eigenvalue weighted by Gasteiger charge is -2.23. The van der Waals surface area contributed by atoms with Gasteiger partial charge in [-0.05, 0) is 39.2 Å². The van der Waals surface area contributed by atoms with Gasteiger partial charge in [-0.15, -0.1) is 0 Å². The lowest BCUT2D eigenvalue weighted by molar-refractivity contribution is 0.120. The second-order valence-corrected chi connectivity index (χ2v) is 5.01. The number of amides is 1. The van der Waals surface area contributed by atoms with E-state index in [0.29, 0.717) is 15.7 Å². The van der Waals surface area contributed by atoms with Gasteiger partial charge in [0.15, 0.2) is 0 Å². The summed E-state index contributed by atoms with van der Waals surface area (Å²) >= 11 is 3.23. The Bertz CT molecular complexity index is 592. The van der Waals surface area contributed by atoms with Crippen LogP contribution in [0.4, 0.5) is 4.79 Å². The minimum atomic E-state index is -1.20. The van der Waals surface area contributed by atoms with Crippen molar-refractivity contribution in [3.8, 4) is 0 Å². The molecule has 104 valence electrons. The van der Waals surface area contributed by atoms with Crippen LogP contribution in [0.3, 0.4) is 0 Å². The van der Waals surface area contributed by atoms with Crippen LogP contribution in [0.5, 0.6) is 0 Å². The highest BCUT2D eigenvalue weighted by Crippen LogP contribution is 2.29. The first-order valence-electron chi connectivity index (χ1n) is 5.92. The third-order valence-corrected chi connectivity index (χ3v) is 3.28. The van der Waals surface area contributed by atoms with Crippen molar-refractivity contribution in [1.29, 1.82) is 0 Å². The molecule has 1 heterocycles. The molecule has 0 radical (unpaired) electrons. The van der Waals surface area contributed by atoms with Crippen LogP contribution < -0.4 is 5.32 Å². The number of aliphatic hydroxyl groups excluding tert-OH is 1. The molecular formula is C14H13BrN2O3. The Morgan fingerprint density at radius 3 is 2.50 bits per heavy atom. The van der Waals surface area contributed by atoms with Crippen molar-refractivity contribution in [3.05, 3.63) is 64.4 Å². The predicted molar refractivity (Wildman–Crippen MR) is 77.2 cm³/mol. The fraction of sp³-hybridized carbons (Fsp3) is 0.143. The predicted octanol–water partition coefficient (Wildman–Crippen LogP) is 2.89. The number of carboxylic acid groups (broad SMARTS) is 1. The highest BCUT2D eigenvalue weighted by atomic mass is 79.9. The fourth-order valence-corrected chi connectivity index (χ4v) is 2.31. The molecule has 2 rings (SSSR count). The Kier molecular flexibility index (Phi) is 4.70. The lowest BCUT2D eigenvalue weighted by Crippen LogP contribution is -2.31. The average Bonchev–Trinajstić information content (AvgIpc) is 2.45. The molecule has 0 aliphatic carbocycles. The third kappa shape index (κ3) is 3.55. The minimum Gasteiger partial charge on any atom is -0.465 e. The van der Waals surface area contributed by atoms with Gasteiger partial charge < -0.3 is 15.5 Å². The molecule has 1 amide bonds. The second-order valence-electron chi connectivity index (χ2n) is 4.19. The van der Waals surface area contributed by atoms with E-state index < -0.39 is 18.2 Å². The highest BCUT2D eigenvalue weighted by molar-refractivity contribution is 9.10. The van der Waals surface area contributed by atoms with E-state index >= 15 is 0 Å². The number of rotatable bonds is 4. The standard InChI is InChI=1S/C14H13BrN2O3/c15-11-8-10(6-7-16-11)12(17-14(19)20)13(18)9-4-2-1-3-5-9/h1-8,12-13,17-18H,(H,19,20)/t12-,13+/m1/s1. The summed E-state index contributed by atoms with van der Waals surface area (Å²) in [6.45, 7) is 0. The van der Waals surface area contributed by atoms with E-state index in [1.165, 1.54) is 0 Å². The molecule has 6 heteroatoms. The first-order valence-corrected chi connectivity index (χ1v) is 6.71. The van der Waals surface area contributed by atoms with Gasteiger partial charge in [-0.3, -0.25) is 0 Å². The summed E-state index contributed by atoms with van der Waals surface area (Å²) in [6, 6.07) is 11.5. The van der Waals surface area contributed by atoms with Crippen LogP contribution in [0.1, 0.15) is 23.3 Å². The smallest absolute Gasteiger partial charge is 0.405 e. The average molecular weight is 337 g/mol. The molecule has 1 aromatic heterocycles. The number of aromatic nitrogens is 1. The van der Waals surface area contributed by atoms with E-state index in [4.69, 9.17) is 5.11 Å². The molecular weight excluding hydrogens is 324 g/mol. The Morgan fingerprint density at radius 2 is 1.90 bits per heavy atom. The molecule has 5 nitrogen and oxygen atoms in total. The second kappa shape index (κ2) is 6.49. The Labute approximate surface area is 124 Å². The van der Waals surface area contributed by atoms with Crippen molar-refractivity contribution in [3.63, 3.8) is 0 Å². The van der Waals surface area contributed by atoms with Gasteiger partial charge in [-0.25, -0.2) is 9.78 Å². The van der Waals surface area contributed by atoms with Crippen LogP contribution in [-0.4, -0.2) is 21.3 Å². The molecule has 0 saturated heterocycles. The van der Waals surface area contributed by atoms with Crippen molar-refractivity contribution in [1.82, 2.24) is 10.3 Å². The summed E-state index contributed by atoms with van der Waals surface area (Å²) in [5, 5.41) is 21.7. The van der Waals surface area contributed by atoms with E-state index in [2.05, 4.69) is 26.2 Å². The molecule has 0 spiro atoms. The van der Waals surface area contributed by atoms with Gasteiger partial charge >= 0.3 is 6.09 Å². The first kappa shape index (κ1) is 14.5. The molecule has 0 fully saturated rings. The number of benzene rings is 1. The molecule has 0 aliphatic heterocycles. The van der Waals surface area contributed by atoms with Crippen LogP contribution >= 0.6 is 15.9 Å². The molecule has 1 aromatic carbocycles. The van der Waals surface area contributed by atoms with Crippen LogP contribution in [0, 0.1) is 0 Å². The van der Waals surface area contributed by atoms with E-state index in [-0.39, 0.29) is 0 Å². The van der Waals surface area contributed by atoms with Crippen molar-refractivity contribution in [2.45, 2.75) is 12.1 Å². The quantitative estimate of drug-likeness (QED) is 0.749. The Morgan fingerprint density at radius 1 is 1.20 bits per heavy atom. The van der Waals surface area contributed by atoms with E-state index in [1.807, 2.05) is 6.07 Å². The molecule has 0 unspecified atom stereocenters. The SMILES string of the molecule is O=C(O)N[C@H](c1ccnc(Br)c1)[C@@H](O)c1ccccc1. The Hall–Kier alpha value is -1.92. The molecule has 0 bridgehead atoms. The van der Waals surface area contributed by atoms with Crippen LogP contribution in [0.25, 0.3) is 0 Å². The normalized spacial score (nSPS) is 13.5. The maximum Gasteiger partial charge on any atom is 0.405 e.